The Labute approximate surface area is 228 Å². The van der Waals surface area contributed by atoms with Gasteiger partial charge in [-0.3, -0.25) is 14.4 Å². The van der Waals surface area contributed by atoms with E-state index in [0.717, 1.165) is 38.5 Å². The molecule has 2 atom stereocenters. The topological polar surface area (TPSA) is 122 Å². The first-order valence-corrected chi connectivity index (χ1v) is 14.1. The van der Waals surface area contributed by atoms with Gasteiger partial charge in [0.05, 0.1) is 0 Å². The van der Waals surface area contributed by atoms with E-state index in [1.54, 1.807) is 17.9 Å². The fourth-order valence-electron chi connectivity index (χ4n) is 6.06. The molecule has 3 amide bonds. The molecule has 5 rings (SSSR count). The Bertz CT molecular complexity index is 1170. The van der Waals surface area contributed by atoms with E-state index in [0.29, 0.717) is 55.6 Å². The van der Waals surface area contributed by atoms with Crippen LogP contribution in [0.2, 0.25) is 0 Å². The van der Waals surface area contributed by atoms with Gasteiger partial charge >= 0.3 is 0 Å². The Morgan fingerprint density at radius 3 is 2.36 bits per heavy atom. The van der Waals surface area contributed by atoms with E-state index in [2.05, 4.69) is 10.5 Å². The minimum absolute atomic E-state index is 0.0921. The number of nitrogens with zero attached hydrogens (tertiary/aromatic N) is 3. The molecule has 3 aliphatic rings. The zero-order valence-corrected chi connectivity index (χ0v) is 22.5. The van der Waals surface area contributed by atoms with Crippen LogP contribution >= 0.6 is 0 Å². The SMILES string of the molecule is Cc1cc(C(=O)N2CCC(N(C(=O)c3ccc(F)cc3)C3CC3)C[C@@H]2C(=O)NCC2CCC(CN)CC2)no1. The molecule has 210 valence electrons. The Balaban J connectivity index is 1.32. The lowest BCUT2D eigenvalue weighted by atomic mass is 9.82. The van der Waals surface area contributed by atoms with Gasteiger partial charge < -0.3 is 25.4 Å². The molecule has 39 heavy (non-hydrogen) atoms. The van der Waals surface area contributed by atoms with E-state index < -0.39 is 11.9 Å². The van der Waals surface area contributed by atoms with Crippen molar-refractivity contribution < 1.29 is 23.3 Å². The Morgan fingerprint density at radius 2 is 1.74 bits per heavy atom. The standard InChI is InChI=1S/C29H38FN5O4/c1-18-14-25(33-39-18)29(38)34-13-12-24(35(23-10-11-23)28(37)21-6-8-22(30)9-7-21)15-26(34)27(36)32-17-20-4-2-19(16-31)3-5-20/h6-9,14,19-20,23-24,26H,2-5,10-13,15-17,31H2,1H3,(H,32,36)/t19?,20?,24?,26-/m1/s1. The van der Waals surface area contributed by atoms with Gasteiger partial charge in [-0.15, -0.1) is 0 Å². The number of benzene rings is 1. The van der Waals surface area contributed by atoms with Crippen molar-refractivity contribution in [3.63, 3.8) is 0 Å². The van der Waals surface area contributed by atoms with Gasteiger partial charge in [-0.2, -0.15) is 0 Å². The normalized spacial score (nSPS) is 25.3. The van der Waals surface area contributed by atoms with E-state index in [9.17, 15) is 18.8 Å². The molecule has 1 aromatic carbocycles. The predicted octanol–water partition coefficient (Wildman–Crippen LogP) is 3.28. The summed E-state index contributed by atoms with van der Waals surface area (Å²) in [5, 5.41) is 7.00. The van der Waals surface area contributed by atoms with Gasteiger partial charge in [0.15, 0.2) is 5.69 Å². The highest BCUT2D eigenvalue weighted by Crippen LogP contribution is 2.35. The predicted molar refractivity (Wildman–Crippen MR) is 142 cm³/mol. The van der Waals surface area contributed by atoms with Gasteiger partial charge in [0.2, 0.25) is 5.91 Å². The number of amides is 3. The molecule has 1 aliphatic heterocycles. The van der Waals surface area contributed by atoms with Crippen molar-refractivity contribution >= 4 is 17.7 Å². The van der Waals surface area contributed by atoms with E-state index in [4.69, 9.17) is 10.3 Å². The van der Waals surface area contributed by atoms with E-state index in [1.807, 2.05) is 4.90 Å². The van der Waals surface area contributed by atoms with Crippen LogP contribution in [0.4, 0.5) is 4.39 Å². The minimum Gasteiger partial charge on any atom is -0.361 e. The molecule has 2 saturated carbocycles. The van der Waals surface area contributed by atoms with Gasteiger partial charge in [-0.1, -0.05) is 5.16 Å². The smallest absolute Gasteiger partial charge is 0.276 e. The Morgan fingerprint density at radius 1 is 1.05 bits per heavy atom. The number of halogens is 1. The second-order valence-electron chi connectivity index (χ2n) is 11.3. The molecule has 1 unspecified atom stereocenters. The summed E-state index contributed by atoms with van der Waals surface area (Å²) in [4.78, 5) is 44.0. The van der Waals surface area contributed by atoms with Crippen molar-refractivity contribution in [3.05, 3.63) is 53.2 Å². The molecule has 2 aliphatic carbocycles. The molecule has 0 radical (unpaired) electrons. The minimum atomic E-state index is -0.740. The molecular weight excluding hydrogens is 501 g/mol. The van der Waals surface area contributed by atoms with Crippen molar-refractivity contribution in [2.24, 2.45) is 17.6 Å². The Kier molecular flexibility index (Phi) is 8.30. The van der Waals surface area contributed by atoms with Crippen LogP contribution < -0.4 is 11.1 Å². The van der Waals surface area contributed by atoms with Crippen molar-refractivity contribution in [1.29, 1.82) is 0 Å². The van der Waals surface area contributed by atoms with E-state index in [-0.39, 0.29) is 35.5 Å². The summed E-state index contributed by atoms with van der Waals surface area (Å²) in [6.45, 7) is 3.29. The number of carbonyl (C=O) groups is 3. The van der Waals surface area contributed by atoms with Crippen LogP contribution in [0.15, 0.2) is 34.9 Å². The van der Waals surface area contributed by atoms with Gasteiger partial charge in [0, 0.05) is 36.8 Å². The maximum atomic E-state index is 13.6. The number of aromatic nitrogens is 1. The highest BCUT2D eigenvalue weighted by atomic mass is 19.1. The summed E-state index contributed by atoms with van der Waals surface area (Å²) in [6, 6.07) is 6.30. The Hall–Kier alpha value is -3.27. The summed E-state index contributed by atoms with van der Waals surface area (Å²) in [7, 11) is 0. The van der Waals surface area contributed by atoms with Crippen LogP contribution in [0.3, 0.4) is 0 Å². The lowest BCUT2D eigenvalue weighted by molar-refractivity contribution is -0.127. The summed E-state index contributed by atoms with van der Waals surface area (Å²) in [5.41, 5.74) is 6.42. The van der Waals surface area contributed by atoms with Gasteiger partial charge in [0.25, 0.3) is 11.8 Å². The molecule has 3 fully saturated rings. The summed E-state index contributed by atoms with van der Waals surface area (Å²) >= 11 is 0. The van der Waals surface area contributed by atoms with Crippen LogP contribution in [0.5, 0.6) is 0 Å². The monoisotopic (exact) mass is 539 g/mol. The van der Waals surface area contributed by atoms with E-state index in [1.165, 1.54) is 24.3 Å². The van der Waals surface area contributed by atoms with Crippen molar-refractivity contribution in [3.8, 4) is 0 Å². The quantitative estimate of drug-likeness (QED) is 0.531. The number of hydrogen-bond acceptors (Lipinski definition) is 6. The molecule has 1 aromatic heterocycles. The van der Waals surface area contributed by atoms with Gasteiger partial charge in [0.1, 0.15) is 17.6 Å². The summed E-state index contributed by atoms with van der Waals surface area (Å²) in [5.74, 6) is 0.351. The highest BCUT2D eigenvalue weighted by molar-refractivity contribution is 5.97. The third-order valence-electron chi connectivity index (χ3n) is 8.51. The second kappa shape index (κ2) is 11.9. The van der Waals surface area contributed by atoms with Crippen LogP contribution in [0.25, 0.3) is 0 Å². The van der Waals surface area contributed by atoms with Crippen molar-refractivity contribution in [2.45, 2.75) is 76.4 Å². The molecule has 1 saturated heterocycles. The number of nitrogens with two attached hydrogens (primary N) is 1. The average molecular weight is 540 g/mol. The zero-order chi connectivity index (χ0) is 27.5. The third kappa shape index (κ3) is 6.32. The summed E-state index contributed by atoms with van der Waals surface area (Å²) < 4.78 is 18.6. The van der Waals surface area contributed by atoms with Crippen molar-refractivity contribution in [2.75, 3.05) is 19.6 Å². The van der Waals surface area contributed by atoms with Crippen LogP contribution in [-0.4, -0.2) is 70.4 Å². The molecule has 3 N–H and O–H groups in total. The molecule has 2 heterocycles. The number of piperidine rings is 1. The highest BCUT2D eigenvalue weighted by Gasteiger charge is 2.44. The number of nitrogens with one attached hydrogen (secondary N) is 1. The van der Waals surface area contributed by atoms with Crippen molar-refractivity contribution in [1.82, 2.24) is 20.3 Å². The van der Waals surface area contributed by atoms with Crippen LogP contribution in [0.1, 0.15) is 78.0 Å². The maximum absolute atomic E-state index is 13.6. The first-order chi connectivity index (χ1) is 18.8. The zero-order valence-electron chi connectivity index (χ0n) is 22.5. The maximum Gasteiger partial charge on any atom is 0.276 e. The molecule has 0 bridgehead atoms. The van der Waals surface area contributed by atoms with E-state index >= 15 is 0 Å². The number of likely N-dealkylation sites (tertiary alicyclic amines) is 1. The third-order valence-corrected chi connectivity index (χ3v) is 8.51. The molecule has 10 heteroatoms. The molecule has 2 aromatic rings. The first-order valence-electron chi connectivity index (χ1n) is 14.1. The molecule has 9 nitrogen and oxygen atoms in total. The molecular formula is C29H38FN5O4. The second-order valence-corrected chi connectivity index (χ2v) is 11.3. The lowest BCUT2D eigenvalue weighted by Gasteiger charge is -2.43. The van der Waals surface area contributed by atoms with Crippen LogP contribution in [0, 0.1) is 24.6 Å². The van der Waals surface area contributed by atoms with Gasteiger partial charge in [-0.05, 0) is 101 Å². The average Bonchev–Trinajstić information content (AvgIpc) is 3.70. The first kappa shape index (κ1) is 27.3. The largest absolute Gasteiger partial charge is 0.361 e. The number of aryl methyl sites for hydroxylation is 1. The molecule has 0 spiro atoms. The fraction of sp³-hybridized carbons (Fsp3) is 0.586. The van der Waals surface area contributed by atoms with Gasteiger partial charge in [-0.25, -0.2) is 4.39 Å². The number of rotatable bonds is 8. The van der Waals surface area contributed by atoms with Crippen LogP contribution in [-0.2, 0) is 4.79 Å². The number of carbonyl (C=O) groups excluding carboxylic acids is 3. The summed E-state index contributed by atoms with van der Waals surface area (Å²) in [6.07, 6.45) is 6.85. The lowest BCUT2D eigenvalue weighted by Crippen LogP contribution is -2.58. The number of hydrogen-bond donors (Lipinski definition) is 2. The fourth-order valence-corrected chi connectivity index (χ4v) is 6.06.